The van der Waals surface area contributed by atoms with E-state index >= 15 is 0 Å². The zero-order valence-corrected chi connectivity index (χ0v) is 10.6. The first-order chi connectivity index (χ1) is 8.60. The van der Waals surface area contributed by atoms with Crippen LogP contribution in [0.4, 0.5) is 0 Å². The van der Waals surface area contributed by atoms with E-state index in [4.69, 9.17) is 14.6 Å². The van der Waals surface area contributed by atoms with Crippen LogP contribution in [0.1, 0.15) is 32.6 Å². The Morgan fingerprint density at radius 1 is 1.28 bits per heavy atom. The summed E-state index contributed by atoms with van der Waals surface area (Å²) in [4.78, 5) is 11.4. The van der Waals surface area contributed by atoms with E-state index in [-0.39, 0.29) is 12.4 Å². The fourth-order valence-corrected chi connectivity index (χ4v) is 1.82. The van der Waals surface area contributed by atoms with Crippen LogP contribution in [0.2, 0.25) is 0 Å². The predicted molar refractivity (Wildman–Crippen MR) is 62.9 cm³/mol. The summed E-state index contributed by atoms with van der Waals surface area (Å²) in [7, 11) is 0. The lowest BCUT2D eigenvalue weighted by molar-refractivity contribution is -0.174. The van der Waals surface area contributed by atoms with E-state index in [9.17, 15) is 15.0 Å². The molecule has 0 unspecified atom stereocenters. The molecule has 6 nitrogen and oxygen atoms in total. The molecule has 1 fully saturated rings. The number of ether oxygens (including phenoxy) is 2. The second-order valence-electron chi connectivity index (χ2n) is 4.51. The molecule has 0 spiro atoms. The van der Waals surface area contributed by atoms with Gasteiger partial charge < -0.3 is 24.8 Å². The molecular weight excluding hydrogens is 240 g/mol. The molecule has 6 heteroatoms. The van der Waals surface area contributed by atoms with Crippen molar-refractivity contribution in [2.75, 3.05) is 13.2 Å². The van der Waals surface area contributed by atoms with Crippen molar-refractivity contribution in [1.29, 1.82) is 0 Å². The summed E-state index contributed by atoms with van der Waals surface area (Å²) in [5.41, 5.74) is 0. The first-order valence-electron chi connectivity index (χ1n) is 6.35. The lowest BCUT2D eigenvalue weighted by atomic mass is 10.1. The molecule has 0 aromatic heterocycles. The van der Waals surface area contributed by atoms with Crippen molar-refractivity contribution in [3.63, 3.8) is 0 Å². The van der Waals surface area contributed by atoms with Gasteiger partial charge in [-0.1, -0.05) is 19.8 Å². The molecular formula is C12H22O6. The molecule has 18 heavy (non-hydrogen) atoms. The molecule has 0 saturated carbocycles. The van der Waals surface area contributed by atoms with Crippen molar-refractivity contribution >= 4 is 5.78 Å². The standard InChI is InChI=1S/C12H22O6/c1-2-3-4-5-8(14)7-17-12-11(16)10(15)9(6-13)18-12/h9-13,15-16H,2-7H2,1H3/t9-,10+,11-,12+/m1/s1. The number of aliphatic hydroxyl groups excluding tert-OH is 3. The first-order valence-corrected chi connectivity index (χ1v) is 6.35. The van der Waals surface area contributed by atoms with E-state index in [0.717, 1.165) is 19.3 Å². The highest BCUT2D eigenvalue weighted by atomic mass is 16.7. The van der Waals surface area contributed by atoms with E-state index in [1.165, 1.54) is 0 Å². The Bertz CT molecular complexity index is 257. The van der Waals surface area contributed by atoms with E-state index in [1.807, 2.05) is 0 Å². The average molecular weight is 262 g/mol. The maximum absolute atomic E-state index is 11.4. The normalized spacial score (nSPS) is 31.8. The summed E-state index contributed by atoms with van der Waals surface area (Å²) < 4.78 is 10.2. The minimum atomic E-state index is -1.23. The summed E-state index contributed by atoms with van der Waals surface area (Å²) in [6.45, 7) is 1.51. The van der Waals surface area contributed by atoms with Crippen molar-refractivity contribution in [2.24, 2.45) is 0 Å². The molecule has 1 aliphatic rings. The molecule has 1 heterocycles. The number of unbranched alkanes of at least 4 members (excludes halogenated alkanes) is 2. The number of hydrogen-bond acceptors (Lipinski definition) is 6. The van der Waals surface area contributed by atoms with E-state index in [0.29, 0.717) is 6.42 Å². The highest BCUT2D eigenvalue weighted by Crippen LogP contribution is 2.21. The second-order valence-corrected chi connectivity index (χ2v) is 4.51. The second kappa shape index (κ2) is 7.81. The van der Waals surface area contributed by atoms with Gasteiger partial charge in [-0.25, -0.2) is 0 Å². The molecule has 3 N–H and O–H groups in total. The van der Waals surface area contributed by atoms with Gasteiger partial charge in [-0.3, -0.25) is 4.79 Å². The maximum atomic E-state index is 11.4. The molecule has 1 aliphatic heterocycles. The zero-order chi connectivity index (χ0) is 13.5. The quantitative estimate of drug-likeness (QED) is 0.515. The van der Waals surface area contributed by atoms with Gasteiger partial charge in [0.2, 0.25) is 0 Å². The van der Waals surface area contributed by atoms with E-state index in [2.05, 4.69) is 6.92 Å². The Morgan fingerprint density at radius 3 is 2.56 bits per heavy atom. The molecule has 0 aromatic rings. The highest BCUT2D eigenvalue weighted by molar-refractivity contribution is 5.79. The summed E-state index contributed by atoms with van der Waals surface area (Å²) in [6, 6.07) is 0. The Balaban J connectivity index is 2.25. The Kier molecular flexibility index (Phi) is 6.73. The number of Topliss-reactive ketones (excluding diaryl/α,β-unsaturated/α-hetero) is 1. The van der Waals surface area contributed by atoms with Gasteiger partial charge in [-0.15, -0.1) is 0 Å². The van der Waals surface area contributed by atoms with Crippen LogP contribution < -0.4 is 0 Å². The van der Waals surface area contributed by atoms with Gasteiger partial charge in [-0.2, -0.15) is 0 Å². The zero-order valence-electron chi connectivity index (χ0n) is 10.6. The monoisotopic (exact) mass is 262 g/mol. The van der Waals surface area contributed by atoms with E-state index in [1.54, 1.807) is 0 Å². The highest BCUT2D eigenvalue weighted by Gasteiger charge is 2.43. The van der Waals surface area contributed by atoms with Crippen molar-refractivity contribution < 1.29 is 29.6 Å². The lowest BCUT2D eigenvalue weighted by Gasteiger charge is -2.14. The number of carbonyl (C=O) groups is 1. The number of ketones is 1. The van der Waals surface area contributed by atoms with Crippen LogP contribution in [0, 0.1) is 0 Å². The van der Waals surface area contributed by atoms with Crippen molar-refractivity contribution in [3.05, 3.63) is 0 Å². The Hall–Kier alpha value is -0.530. The molecule has 0 bridgehead atoms. The van der Waals surface area contributed by atoms with Crippen molar-refractivity contribution in [1.82, 2.24) is 0 Å². The SMILES string of the molecule is CCCCCC(=O)CO[C@H]1O[C@H](CO)[C@H](O)[C@H]1O. The fourth-order valence-electron chi connectivity index (χ4n) is 1.82. The molecule has 0 aromatic carbocycles. The molecule has 4 atom stereocenters. The average Bonchev–Trinajstić information content (AvgIpc) is 2.64. The van der Waals surface area contributed by atoms with Crippen molar-refractivity contribution in [2.45, 2.75) is 57.2 Å². The Morgan fingerprint density at radius 2 is 2.00 bits per heavy atom. The van der Waals surface area contributed by atoms with Crippen LogP contribution in [0.15, 0.2) is 0 Å². The smallest absolute Gasteiger partial charge is 0.187 e. The van der Waals surface area contributed by atoms with Crippen LogP contribution in [0.25, 0.3) is 0 Å². The minimum Gasteiger partial charge on any atom is -0.394 e. The van der Waals surface area contributed by atoms with Gasteiger partial charge in [-0.05, 0) is 6.42 Å². The summed E-state index contributed by atoms with van der Waals surface area (Å²) >= 11 is 0. The number of aliphatic hydroxyl groups is 3. The largest absolute Gasteiger partial charge is 0.394 e. The molecule has 106 valence electrons. The predicted octanol–water partition coefficient (Wildman–Crippen LogP) is -0.409. The molecule has 0 radical (unpaired) electrons. The van der Waals surface area contributed by atoms with Gasteiger partial charge in [0, 0.05) is 6.42 Å². The third kappa shape index (κ3) is 4.29. The summed E-state index contributed by atoms with van der Waals surface area (Å²) in [5.74, 6) is -0.0545. The fraction of sp³-hybridized carbons (Fsp3) is 0.917. The summed E-state index contributed by atoms with van der Waals surface area (Å²) in [5, 5.41) is 27.9. The van der Waals surface area contributed by atoms with Gasteiger partial charge in [0.05, 0.1) is 6.61 Å². The van der Waals surface area contributed by atoms with Crippen LogP contribution in [-0.4, -0.2) is 58.9 Å². The number of rotatable bonds is 8. The third-order valence-corrected chi connectivity index (χ3v) is 2.97. The van der Waals surface area contributed by atoms with Crippen LogP contribution in [-0.2, 0) is 14.3 Å². The van der Waals surface area contributed by atoms with Crippen LogP contribution >= 0.6 is 0 Å². The molecule has 1 rings (SSSR count). The number of hydrogen-bond donors (Lipinski definition) is 3. The topological polar surface area (TPSA) is 96.2 Å². The minimum absolute atomic E-state index is 0.0545. The van der Waals surface area contributed by atoms with Gasteiger partial charge >= 0.3 is 0 Å². The van der Waals surface area contributed by atoms with Crippen LogP contribution in [0.5, 0.6) is 0 Å². The molecule has 0 amide bonds. The van der Waals surface area contributed by atoms with Gasteiger partial charge in [0.1, 0.15) is 24.9 Å². The Labute approximate surface area is 107 Å². The number of carbonyl (C=O) groups excluding carboxylic acids is 1. The van der Waals surface area contributed by atoms with E-state index < -0.39 is 31.2 Å². The first kappa shape index (κ1) is 15.5. The van der Waals surface area contributed by atoms with Crippen molar-refractivity contribution in [3.8, 4) is 0 Å². The van der Waals surface area contributed by atoms with Gasteiger partial charge in [0.25, 0.3) is 0 Å². The maximum Gasteiger partial charge on any atom is 0.187 e. The molecule has 1 saturated heterocycles. The molecule has 0 aliphatic carbocycles. The third-order valence-electron chi connectivity index (χ3n) is 2.97. The summed E-state index contributed by atoms with van der Waals surface area (Å²) in [6.07, 6.45) is -1.01. The lowest BCUT2D eigenvalue weighted by Crippen LogP contribution is -2.35. The van der Waals surface area contributed by atoms with Gasteiger partial charge in [0.15, 0.2) is 12.1 Å². The van der Waals surface area contributed by atoms with Crippen LogP contribution in [0.3, 0.4) is 0 Å².